The zero-order valence-electron chi connectivity index (χ0n) is 32.5. The average molecular weight is 831 g/mol. The maximum atomic E-state index is 5.71. The van der Waals surface area contributed by atoms with Gasteiger partial charge in [-0.15, -0.1) is 38.2 Å². The van der Waals surface area contributed by atoms with Crippen molar-refractivity contribution in [2.75, 3.05) is 0 Å². The molecule has 0 bridgehead atoms. The number of fused-ring (bicyclic) bond motifs is 6. The van der Waals surface area contributed by atoms with Gasteiger partial charge in [-0.3, -0.25) is 6.08 Å². The van der Waals surface area contributed by atoms with Gasteiger partial charge in [-0.05, 0) is 40.6 Å². The van der Waals surface area contributed by atoms with E-state index in [9.17, 15) is 0 Å². The molecule has 0 heterocycles. The SMILES string of the molecule is C[C-]1C2=C3Cc4ccccc4C3=C3C=CCCC3C2(C)C(C)(C)C(C)(C)C1(C)C.Cc1cc[c-]cc1.Cl.Cl.Clc1cccc([CH]=[Zr])c1.[C-]1=CC=CC1. The fourth-order valence-corrected chi connectivity index (χ4v) is 9.62. The molecule has 3 aromatic carbocycles. The van der Waals surface area contributed by atoms with Gasteiger partial charge in [-0.1, -0.05) is 120 Å². The summed E-state index contributed by atoms with van der Waals surface area (Å²) in [6.45, 7) is 22.4. The van der Waals surface area contributed by atoms with E-state index in [-0.39, 0.29) is 46.5 Å². The third-order valence-electron chi connectivity index (χ3n) is 13.3. The van der Waals surface area contributed by atoms with Gasteiger partial charge >= 0.3 is 74.4 Å². The Balaban J connectivity index is 0.000000257. The summed E-state index contributed by atoms with van der Waals surface area (Å²) in [6.07, 6.45) is 18.5. The number of rotatable bonds is 1. The van der Waals surface area contributed by atoms with Crippen LogP contribution >= 0.6 is 36.4 Å². The molecule has 0 aromatic heterocycles. The van der Waals surface area contributed by atoms with Crippen LogP contribution in [0.3, 0.4) is 0 Å². The van der Waals surface area contributed by atoms with Crippen LogP contribution in [0.5, 0.6) is 0 Å². The number of halogens is 3. The number of benzene rings is 3. The number of aryl methyl sites for hydroxylation is 1. The summed E-state index contributed by atoms with van der Waals surface area (Å²) in [5.41, 5.74) is 12.8. The molecule has 276 valence electrons. The molecule has 5 aliphatic rings. The smallest absolute Gasteiger partial charge is 0.109 e. The van der Waals surface area contributed by atoms with Crippen molar-refractivity contribution in [2.45, 2.75) is 88.0 Å². The van der Waals surface area contributed by atoms with Crippen LogP contribution in [0.25, 0.3) is 5.57 Å². The fourth-order valence-electron chi connectivity index (χ4n) is 8.98. The van der Waals surface area contributed by atoms with Gasteiger partial charge in [0.15, 0.2) is 0 Å². The molecule has 0 saturated heterocycles. The van der Waals surface area contributed by atoms with E-state index in [0.717, 1.165) is 17.9 Å². The van der Waals surface area contributed by atoms with Gasteiger partial charge in [0.05, 0.1) is 0 Å². The largest absolute Gasteiger partial charge is 0.273 e. The van der Waals surface area contributed by atoms with Crippen molar-refractivity contribution in [3.8, 4) is 0 Å². The molecule has 1 saturated carbocycles. The van der Waals surface area contributed by atoms with E-state index in [1.54, 1.807) is 28.2 Å². The summed E-state index contributed by atoms with van der Waals surface area (Å²) in [7, 11) is 0. The molecule has 8 rings (SSSR count). The predicted molar refractivity (Wildman–Crippen MR) is 227 cm³/mol. The second-order valence-electron chi connectivity index (χ2n) is 16.0. The van der Waals surface area contributed by atoms with Crippen molar-refractivity contribution >= 4 is 45.7 Å². The molecule has 4 heteroatoms. The van der Waals surface area contributed by atoms with Crippen LogP contribution in [-0.2, 0) is 30.7 Å². The molecular weight excluding hydrogens is 774 g/mol. The summed E-state index contributed by atoms with van der Waals surface area (Å²) in [5.74, 6) is 2.24. The van der Waals surface area contributed by atoms with E-state index in [1.165, 1.54) is 59.3 Å². The van der Waals surface area contributed by atoms with Crippen LogP contribution in [0.2, 0.25) is 5.02 Å². The first kappa shape index (κ1) is 44.3. The van der Waals surface area contributed by atoms with Crippen molar-refractivity contribution < 1.29 is 24.2 Å². The maximum Gasteiger partial charge on any atom is -0.109 e. The van der Waals surface area contributed by atoms with Crippen LogP contribution in [-0.4, -0.2) is 3.71 Å². The molecule has 5 aliphatic carbocycles. The zero-order chi connectivity index (χ0) is 36.3. The van der Waals surface area contributed by atoms with E-state index in [0.29, 0.717) is 5.92 Å². The second kappa shape index (κ2) is 18.0. The molecule has 2 unspecified atom stereocenters. The molecular formula is C48H56Cl3Zr-3. The van der Waals surface area contributed by atoms with E-state index in [4.69, 9.17) is 11.6 Å². The summed E-state index contributed by atoms with van der Waals surface area (Å²) >= 11 is 7.12. The molecule has 0 N–H and O–H groups in total. The second-order valence-corrected chi connectivity index (χ2v) is 17.2. The normalized spacial score (nSPS) is 22.9. The third kappa shape index (κ3) is 8.10. The number of allylic oxidation sites excluding steroid dienone is 10. The Bertz CT molecular complexity index is 1840. The van der Waals surface area contributed by atoms with Gasteiger partial charge in [-0.2, -0.15) is 53.1 Å². The van der Waals surface area contributed by atoms with Gasteiger partial charge in [0.1, 0.15) is 0 Å². The van der Waals surface area contributed by atoms with Gasteiger partial charge in [-0.25, -0.2) is 18.1 Å². The molecule has 1 fully saturated rings. The minimum Gasteiger partial charge on any atom is -0.273 e. The van der Waals surface area contributed by atoms with Crippen molar-refractivity contribution in [1.82, 2.24) is 0 Å². The Labute approximate surface area is 348 Å². The van der Waals surface area contributed by atoms with Crippen molar-refractivity contribution in [1.29, 1.82) is 0 Å². The Morgan fingerprint density at radius 2 is 1.58 bits per heavy atom. The van der Waals surface area contributed by atoms with Crippen molar-refractivity contribution in [3.63, 3.8) is 0 Å². The van der Waals surface area contributed by atoms with Crippen molar-refractivity contribution in [3.05, 3.63) is 165 Å². The molecule has 0 nitrogen and oxygen atoms in total. The summed E-state index contributed by atoms with van der Waals surface area (Å²) in [5, 5.41) is 0.811. The summed E-state index contributed by atoms with van der Waals surface area (Å²) in [4.78, 5) is 0. The Morgan fingerprint density at radius 1 is 0.885 bits per heavy atom. The summed E-state index contributed by atoms with van der Waals surface area (Å²) in [6, 6.07) is 27.8. The molecule has 52 heavy (non-hydrogen) atoms. The third-order valence-corrected chi connectivity index (χ3v) is 14.3. The maximum absolute atomic E-state index is 5.71. The number of hydrogen-bond acceptors (Lipinski definition) is 0. The van der Waals surface area contributed by atoms with Crippen LogP contribution in [0.15, 0.2) is 120 Å². The molecule has 2 atom stereocenters. The van der Waals surface area contributed by atoms with Gasteiger partial charge in [0, 0.05) is 0 Å². The Kier molecular flexibility index (Phi) is 15.3. The monoisotopic (exact) mass is 827 g/mol. The molecule has 3 aromatic rings. The minimum atomic E-state index is 0. The molecule has 0 amide bonds. The first-order valence-corrected chi connectivity index (χ1v) is 20.0. The van der Waals surface area contributed by atoms with Crippen LogP contribution < -0.4 is 0 Å². The van der Waals surface area contributed by atoms with Crippen molar-refractivity contribution in [2.24, 2.45) is 27.6 Å². The Hall–Kier alpha value is -2.15. The topological polar surface area (TPSA) is 0 Å². The van der Waals surface area contributed by atoms with Crippen LogP contribution in [0.4, 0.5) is 0 Å². The quantitative estimate of drug-likeness (QED) is 0.214. The number of hydrogen-bond donors (Lipinski definition) is 0. The standard InChI is InChI=1S/C29H37.C7H5Cl.C7H7.C5H5.2ClH.Zr/c1-18-25-22-17-19-13-9-10-14-20(19)24(22)21-15-11-12-16-23(21)29(25,8)28(6,7)27(4,5)26(18,2)3;1-6-3-2-4-7(8)5-6;1-7-5-3-2-4-6-7;1-2-4-5-3-1;;;/h9-11,13-15,23H,12,16-17H2,1-8H3;1-5H;3-6H,1H3;1-3H,4H2;2*1H;/q-1;;2*-1;;;. The molecule has 0 spiro atoms. The molecule has 0 radical (unpaired) electrons. The van der Waals surface area contributed by atoms with E-state index in [1.807, 2.05) is 60.7 Å². The van der Waals surface area contributed by atoms with E-state index < -0.39 is 0 Å². The van der Waals surface area contributed by atoms with Gasteiger partial charge in [0.25, 0.3) is 0 Å². The predicted octanol–water partition coefficient (Wildman–Crippen LogP) is 13.9. The first-order valence-electron chi connectivity index (χ1n) is 18.2. The molecule has 0 aliphatic heterocycles. The Morgan fingerprint density at radius 3 is 2.12 bits per heavy atom. The first-order chi connectivity index (χ1) is 23.7. The van der Waals surface area contributed by atoms with Gasteiger partial charge < -0.3 is 0 Å². The average Bonchev–Trinajstić information content (AvgIpc) is 3.81. The van der Waals surface area contributed by atoms with Gasteiger partial charge in [0.2, 0.25) is 0 Å². The fraction of sp³-hybridized carbons (Fsp3) is 0.375. The van der Waals surface area contributed by atoms with Crippen LogP contribution in [0, 0.1) is 52.6 Å². The minimum absolute atomic E-state index is 0. The van der Waals surface area contributed by atoms with E-state index >= 15 is 0 Å². The van der Waals surface area contributed by atoms with Crippen LogP contribution in [0.1, 0.15) is 96.9 Å². The zero-order valence-corrected chi connectivity index (χ0v) is 37.3. The summed E-state index contributed by atoms with van der Waals surface area (Å²) < 4.78 is 2.11. The van der Waals surface area contributed by atoms with E-state index in [2.05, 4.69) is 121 Å².